The summed E-state index contributed by atoms with van der Waals surface area (Å²) in [5.41, 5.74) is 0. The molecule has 1 amide bonds. The predicted molar refractivity (Wildman–Crippen MR) is 57.3 cm³/mol. The summed E-state index contributed by atoms with van der Waals surface area (Å²) in [6.45, 7) is 3.30. The first-order valence-electron chi connectivity index (χ1n) is 5.99. The largest absolute Gasteiger partial charge is 0.335 e. The second-order valence-corrected chi connectivity index (χ2v) is 4.92. The maximum atomic E-state index is 12.1. The van der Waals surface area contributed by atoms with E-state index in [0.29, 0.717) is 18.9 Å². The highest BCUT2D eigenvalue weighted by Crippen LogP contribution is 2.32. The number of hydrogen-bond acceptors (Lipinski definition) is 2. The Morgan fingerprint density at radius 2 is 2.13 bits per heavy atom. The summed E-state index contributed by atoms with van der Waals surface area (Å²) in [4.78, 5) is 25.2. The zero-order chi connectivity index (χ0) is 10.8. The van der Waals surface area contributed by atoms with Crippen LogP contribution in [-0.2, 0) is 9.59 Å². The molecule has 3 nitrogen and oxygen atoms in total. The maximum Gasteiger partial charge on any atom is 0.226 e. The van der Waals surface area contributed by atoms with Crippen LogP contribution in [0, 0.1) is 11.8 Å². The highest BCUT2D eigenvalue weighted by atomic mass is 16.2. The van der Waals surface area contributed by atoms with E-state index in [-0.39, 0.29) is 17.6 Å². The lowest BCUT2D eigenvalue weighted by Crippen LogP contribution is -2.43. The second kappa shape index (κ2) is 4.33. The van der Waals surface area contributed by atoms with Gasteiger partial charge in [-0.15, -0.1) is 0 Å². The van der Waals surface area contributed by atoms with Crippen LogP contribution in [0.3, 0.4) is 0 Å². The Labute approximate surface area is 90.8 Å². The number of ketones is 1. The third-order valence-corrected chi connectivity index (χ3v) is 3.74. The van der Waals surface area contributed by atoms with Crippen molar-refractivity contribution in [3.8, 4) is 0 Å². The first kappa shape index (κ1) is 10.7. The minimum atomic E-state index is 0.191. The molecule has 2 unspecified atom stereocenters. The fraction of sp³-hybridized carbons (Fsp3) is 0.833. The molecule has 2 aliphatic rings. The van der Waals surface area contributed by atoms with Crippen LogP contribution in [0.15, 0.2) is 0 Å². The number of likely N-dealkylation sites (tertiary alicyclic amines) is 1. The van der Waals surface area contributed by atoms with Crippen molar-refractivity contribution in [1.29, 1.82) is 0 Å². The topological polar surface area (TPSA) is 37.4 Å². The SMILES string of the molecule is CC1CCCC1C(=O)N1CCCC(=O)C1. The number of amides is 1. The highest BCUT2D eigenvalue weighted by Gasteiger charge is 2.34. The van der Waals surface area contributed by atoms with Gasteiger partial charge in [-0.1, -0.05) is 13.3 Å². The van der Waals surface area contributed by atoms with E-state index in [1.165, 1.54) is 6.42 Å². The number of carbonyl (C=O) groups excluding carboxylic acids is 2. The molecule has 0 aromatic rings. The van der Waals surface area contributed by atoms with E-state index in [9.17, 15) is 9.59 Å². The molecule has 0 N–H and O–H groups in total. The minimum Gasteiger partial charge on any atom is -0.335 e. The van der Waals surface area contributed by atoms with Crippen LogP contribution in [0.5, 0.6) is 0 Å². The van der Waals surface area contributed by atoms with E-state index < -0.39 is 0 Å². The summed E-state index contributed by atoms with van der Waals surface area (Å²) >= 11 is 0. The van der Waals surface area contributed by atoms with Gasteiger partial charge in [0.25, 0.3) is 0 Å². The van der Waals surface area contributed by atoms with Crippen molar-refractivity contribution in [2.45, 2.75) is 39.0 Å². The zero-order valence-corrected chi connectivity index (χ0v) is 9.37. The second-order valence-electron chi connectivity index (χ2n) is 4.92. The lowest BCUT2D eigenvalue weighted by molar-refractivity contribution is -0.141. The molecule has 0 bridgehead atoms. The number of hydrogen-bond donors (Lipinski definition) is 0. The Kier molecular flexibility index (Phi) is 3.08. The summed E-state index contributed by atoms with van der Waals surface area (Å²) in [5, 5.41) is 0. The number of piperidine rings is 1. The first-order valence-corrected chi connectivity index (χ1v) is 5.99. The van der Waals surface area contributed by atoms with Gasteiger partial charge in [-0.25, -0.2) is 0 Å². The third kappa shape index (κ3) is 2.21. The molecule has 1 heterocycles. The summed E-state index contributed by atoms with van der Waals surface area (Å²) in [5.74, 6) is 1.15. The molecule has 2 fully saturated rings. The molecule has 0 aromatic carbocycles. The van der Waals surface area contributed by atoms with Gasteiger partial charge in [-0.05, 0) is 25.2 Å². The number of carbonyl (C=O) groups is 2. The molecule has 2 rings (SSSR count). The van der Waals surface area contributed by atoms with Crippen LogP contribution in [-0.4, -0.2) is 29.7 Å². The summed E-state index contributed by atoms with van der Waals surface area (Å²) in [7, 11) is 0. The lowest BCUT2D eigenvalue weighted by Gasteiger charge is -2.29. The van der Waals surface area contributed by atoms with Crippen molar-refractivity contribution in [3.63, 3.8) is 0 Å². The molecule has 1 aliphatic heterocycles. The van der Waals surface area contributed by atoms with Crippen molar-refractivity contribution in [2.75, 3.05) is 13.1 Å². The van der Waals surface area contributed by atoms with Gasteiger partial charge in [0.1, 0.15) is 0 Å². The Balaban J connectivity index is 1.97. The van der Waals surface area contributed by atoms with Crippen LogP contribution in [0.2, 0.25) is 0 Å². The Morgan fingerprint density at radius 1 is 1.33 bits per heavy atom. The van der Waals surface area contributed by atoms with E-state index >= 15 is 0 Å². The van der Waals surface area contributed by atoms with Crippen molar-refractivity contribution >= 4 is 11.7 Å². The molecule has 2 atom stereocenters. The molecule has 84 valence electrons. The van der Waals surface area contributed by atoms with E-state index in [1.807, 2.05) is 0 Å². The van der Waals surface area contributed by atoms with Gasteiger partial charge in [0.15, 0.2) is 5.78 Å². The molecule has 1 aliphatic carbocycles. The quantitative estimate of drug-likeness (QED) is 0.658. The predicted octanol–water partition coefficient (Wildman–Crippen LogP) is 1.61. The van der Waals surface area contributed by atoms with E-state index in [2.05, 4.69) is 6.92 Å². The monoisotopic (exact) mass is 209 g/mol. The first-order chi connectivity index (χ1) is 7.18. The van der Waals surface area contributed by atoms with Crippen molar-refractivity contribution in [1.82, 2.24) is 4.90 Å². The van der Waals surface area contributed by atoms with Crippen molar-refractivity contribution < 1.29 is 9.59 Å². The van der Waals surface area contributed by atoms with Crippen LogP contribution in [0.4, 0.5) is 0 Å². The summed E-state index contributed by atoms with van der Waals surface area (Å²) in [6, 6.07) is 0. The number of Topliss-reactive ketones (excluding diaryl/α,β-unsaturated/α-hetero) is 1. The normalized spacial score (nSPS) is 32.1. The summed E-state index contributed by atoms with van der Waals surface area (Å²) < 4.78 is 0. The molecule has 3 heteroatoms. The molecule has 15 heavy (non-hydrogen) atoms. The molecule has 0 spiro atoms. The Bertz CT molecular complexity index is 275. The minimum absolute atomic E-state index is 0.191. The van der Waals surface area contributed by atoms with Crippen molar-refractivity contribution in [2.24, 2.45) is 11.8 Å². The zero-order valence-electron chi connectivity index (χ0n) is 9.37. The molecular weight excluding hydrogens is 190 g/mol. The highest BCUT2D eigenvalue weighted by molar-refractivity contribution is 5.88. The Hall–Kier alpha value is -0.860. The molecule has 1 saturated heterocycles. The van der Waals surface area contributed by atoms with Gasteiger partial charge in [0, 0.05) is 18.9 Å². The molecule has 0 radical (unpaired) electrons. The third-order valence-electron chi connectivity index (χ3n) is 3.74. The molecule has 1 saturated carbocycles. The lowest BCUT2D eigenvalue weighted by atomic mass is 9.95. The van der Waals surface area contributed by atoms with Crippen LogP contribution < -0.4 is 0 Å². The average molecular weight is 209 g/mol. The van der Waals surface area contributed by atoms with Gasteiger partial charge in [-0.2, -0.15) is 0 Å². The van der Waals surface area contributed by atoms with Gasteiger partial charge < -0.3 is 4.90 Å². The maximum absolute atomic E-state index is 12.1. The Morgan fingerprint density at radius 3 is 2.73 bits per heavy atom. The van der Waals surface area contributed by atoms with Gasteiger partial charge in [-0.3, -0.25) is 9.59 Å². The number of rotatable bonds is 1. The smallest absolute Gasteiger partial charge is 0.226 e. The summed E-state index contributed by atoms with van der Waals surface area (Å²) in [6.07, 6.45) is 4.86. The average Bonchev–Trinajstić information content (AvgIpc) is 2.63. The van der Waals surface area contributed by atoms with Crippen molar-refractivity contribution in [3.05, 3.63) is 0 Å². The van der Waals surface area contributed by atoms with Gasteiger partial charge in [0.2, 0.25) is 5.91 Å². The number of nitrogens with zero attached hydrogens (tertiary/aromatic N) is 1. The fourth-order valence-corrected chi connectivity index (χ4v) is 2.77. The molecule has 0 aromatic heterocycles. The van der Waals surface area contributed by atoms with E-state index in [1.54, 1.807) is 4.90 Å². The van der Waals surface area contributed by atoms with Gasteiger partial charge in [0.05, 0.1) is 6.54 Å². The van der Waals surface area contributed by atoms with Gasteiger partial charge >= 0.3 is 0 Å². The van der Waals surface area contributed by atoms with Crippen LogP contribution >= 0.6 is 0 Å². The van der Waals surface area contributed by atoms with Crippen LogP contribution in [0.1, 0.15) is 39.0 Å². The van der Waals surface area contributed by atoms with Crippen LogP contribution in [0.25, 0.3) is 0 Å². The van der Waals surface area contributed by atoms with E-state index in [0.717, 1.165) is 25.8 Å². The fourth-order valence-electron chi connectivity index (χ4n) is 2.77. The van der Waals surface area contributed by atoms with E-state index in [4.69, 9.17) is 0 Å². The standard InChI is InChI=1S/C12H19NO2/c1-9-4-2-6-11(9)12(15)13-7-3-5-10(14)8-13/h9,11H,2-8H2,1H3. The molecular formula is C12H19NO2.